The van der Waals surface area contributed by atoms with Crippen molar-refractivity contribution >= 4 is 53.5 Å². The average molecular weight is 478 g/mol. The van der Waals surface area contributed by atoms with E-state index in [-0.39, 0.29) is 0 Å². The summed E-state index contributed by atoms with van der Waals surface area (Å²) in [7, 11) is 0. The molecule has 1 aliphatic rings. The van der Waals surface area contributed by atoms with Gasteiger partial charge in [-0.3, -0.25) is 0 Å². The zero-order valence-electron chi connectivity index (χ0n) is 11.0. The summed E-state index contributed by atoms with van der Waals surface area (Å²) in [6.45, 7) is 1.89. The van der Waals surface area contributed by atoms with Crippen LogP contribution in [0.1, 0.15) is 5.56 Å². The van der Waals surface area contributed by atoms with Crippen LogP contribution < -0.4 is 14.8 Å². The predicted molar refractivity (Wildman–Crippen MR) is 94.3 cm³/mol. The quantitative estimate of drug-likeness (QED) is 0.645. The SMILES string of the molecule is Brc1ccc(NCc2cc(Br)c3c(c2)OCCO3)c(Br)c1. The number of benzene rings is 2. The van der Waals surface area contributed by atoms with Gasteiger partial charge < -0.3 is 14.8 Å². The summed E-state index contributed by atoms with van der Waals surface area (Å²) in [6.07, 6.45) is 0. The topological polar surface area (TPSA) is 30.5 Å². The second kappa shape index (κ2) is 6.58. The first kappa shape index (κ1) is 15.2. The number of ether oxygens (including phenoxy) is 2. The fourth-order valence-corrected chi connectivity index (χ4v) is 3.89. The molecule has 0 atom stereocenters. The number of hydrogen-bond acceptors (Lipinski definition) is 3. The zero-order valence-corrected chi connectivity index (χ0v) is 15.7. The van der Waals surface area contributed by atoms with E-state index < -0.39 is 0 Å². The van der Waals surface area contributed by atoms with Gasteiger partial charge in [-0.15, -0.1) is 0 Å². The van der Waals surface area contributed by atoms with Crippen molar-refractivity contribution in [1.82, 2.24) is 0 Å². The minimum Gasteiger partial charge on any atom is -0.486 e. The molecule has 0 amide bonds. The van der Waals surface area contributed by atoms with Crippen molar-refractivity contribution in [2.45, 2.75) is 6.54 Å². The lowest BCUT2D eigenvalue weighted by atomic mass is 10.2. The van der Waals surface area contributed by atoms with E-state index in [1.807, 2.05) is 30.3 Å². The van der Waals surface area contributed by atoms with E-state index >= 15 is 0 Å². The highest BCUT2D eigenvalue weighted by atomic mass is 79.9. The van der Waals surface area contributed by atoms with Gasteiger partial charge in [0, 0.05) is 21.2 Å². The first-order valence-corrected chi connectivity index (χ1v) is 8.78. The first-order chi connectivity index (χ1) is 10.1. The Balaban J connectivity index is 1.77. The molecule has 1 heterocycles. The molecule has 0 radical (unpaired) electrons. The third-order valence-electron chi connectivity index (χ3n) is 3.07. The summed E-state index contributed by atoms with van der Waals surface area (Å²) in [5, 5.41) is 3.41. The Kier molecular flexibility index (Phi) is 4.76. The first-order valence-electron chi connectivity index (χ1n) is 6.40. The molecule has 3 rings (SSSR count). The van der Waals surface area contributed by atoms with E-state index in [2.05, 4.69) is 53.1 Å². The minimum atomic E-state index is 0.592. The molecule has 0 saturated carbocycles. The van der Waals surface area contributed by atoms with Crippen molar-refractivity contribution in [3.63, 3.8) is 0 Å². The highest BCUT2D eigenvalue weighted by molar-refractivity contribution is 9.11. The van der Waals surface area contributed by atoms with E-state index in [0.29, 0.717) is 19.8 Å². The monoisotopic (exact) mass is 475 g/mol. The highest BCUT2D eigenvalue weighted by Gasteiger charge is 2.16. The van der Waals surface area contributed by atoms with Crippen LogP contribution in [0.25, 0.3) is 0 Å². The maximum atomic E-state index is 5.64. The van der Waals surface area contributed by atoms with Crippen LogP contribution in [0, 0.1) is 0 Å². The normalized spacial score (nSPS) is 13.1. The third-order valence-corrected chi connectivity index (χ3v) is 4.81. The summed E-state index contributed by atoms with van der Waals surface area (Å²) >= 11 is 10.5. The van der Waals surface area contributed by atoms with Crippen LogP contribution in [0.5, 0.6) is 11.5 Å². The molecule has 3 nitrogen and oxygen atoms in total. The second-order valence-electron chi connectivity index (χ2n) is 4.58. The van der Waals surface area contributed by atoms with Crippen LogP contribution in [-0.2, 0) is 6.54 Å². The van der Waals surface area contributed by atoms with Crippen molar-refractivity contribution in [2.75, 3.05) is 18.5 Å². The van der Waals surface area contributed by atoms with Crippen LogP contribution in [0.3, 0.4) is 0 Å². The van der Waals surface area contributed by atoms with Gasteiger partial charge in [-0.2, -0.15) is 0 Å². The van der Waals surface area contributed by atoms with E-state index in [1.165, 1.54) is 0 Å². The van der Waals surface area contributed by atoms with Gasteiger partial charge in [-0.1, -0.05) is 15.9 Å². The Labute approximate surface area is 148 Å². The fraction of sp³-hybridized carbons (Fsp3) is 0.200. The minimum absolute atomic E-state index is 0.592. The molecule has 1 N–H and O–H groups in total. The summed E-state index contributed by atoms with van der Waals surface area (Å²) in [5.41, 5.74) is 2.17. The number of nitrogens with one attached hydrogen (secondary N) is 1. The number of halogens is 3. The average Bonchev–Trinajstić information content (AvgIpc) is 2.46. The highest BCUT2D eigenvalue weighted by Crippen LogP contribution is 2.38. The molecule has 0 aromatic heterocycles. The van der Waals surface area contributed by atoms with Crippen molar-refractivity contribution < 1.29 is 9.47 Å². The van der Waals surface area contributed by atoms with Gasteiger partial charge in [0.1, 0.15) is 13.2 Å². The second-order valence-corrected chi connectivity index (χ2v) is 7.20. The standard InChI is InChI=1S/C15H12Br3NO2/c16-10-1-2-13(11(17)7-10)19-8-9-5-12(18)15-14(6-9)20-3-4-21-15/h1-2,5-7,19H,3-4,8H2. The summed E-state index contributed by atoms with van der Waals surface area (Å²) in [4.78, 5) is 0. The maximum absolute atomic E-state index is 5.64. The Bertz CT molecular complexity index is 676. The molecule has 0 bridgehead atoms. The Morgan fingerprint density at radius 3 is 2.57 bits per heavy atom. The molecular formula is C15H12Br3NO2. The van der Waals surface area contributed by atoms with Gasteiger partial charge >= 0.3 is 0 Å². The molecule has 6 heteroatoms. The summed E-state index contributed by atoms with van der Waals surface area (Å²) in [6, 6.07) is 10.1. The summed E-state index contributed by atoms with van der Waals surface area (Å²) in [5.74, 6) is 1.58. The van der Waals surface area contributed by atoms with Crippen LogP contribution in [-0.4, -0.2) is 13.2 Å². The Morgan fingerprint density at radius 2 is 1.76 bits per heavy atom. The van der Waals surface area contributed by atoms with E-state index in [4.69, 9.17) is 9.47 Å². The lowest BCUT2D eigenvalue weighted by Gasteiger charge is -2.20. The number of fused-ring (bicyclic) bond motifs is 1. The van der Waals surface area contributed by atoms with Crippen molar-refractivity contribution in [3.05, 3.63) is 49.3 Å². The van der Waals surface area contributed by atoms with Crippen molar-refractivity contribution in [1.29, 1.82) is 0 Å². The molecule has 0 saturated heterocycles. The Morgan fingerprint density at radius 1 is 0.952 bits per heavy atom. The van der Waals surface area contributed by atoms with E-state index in [9.17, 15) is 0 Å². The van der Waals surface area contributed by atoms with Crippen molar-refractivity contribution in [3.8, 4) is 11.5 Å². The van der Waals surface area contributed by atoms with Gasteiger partial charge in [0.15, 0.2) is 11.5 Å². The van der Waals surface area contributed by atoms with Crippen molar-refractivity contribution in [2.24, 2.45) is 0 Å². The van der Waals surface area contributed by atoms with Crippen LogP contribution in [0.2, 0.25) is 0 Å². The van der Waals surface area contributed by atoms with Gasteiger partial charge in [0.05, 0.1) is 4.47 Å². The molecule has 0 fully saturated rings. The molecule has 21 heavy (non-hydrogen) atoms. The summed E-state index contributed by atoms with van der Waals surface area (Å²) < 4.78 is 14.2. The molecule has 110 valence electrons. The van der Waals surface area contributed by atoms with E-state index in [1.54, 1.807) is 0 Å². The predicted octanol–water partition coefficient (Wildman–Crippen LogP) is 5.36. The molecule has 2 aromatic rings. The van der Waals surface area contributed by atoms with Gasteiger partial charge in [-0.25, -0.2) is 0 Å². The maximum Gasteiger partial charge on any atom is 0.175 e. The van der Waals surface area contributed by atoms with Crippen LogP contribution in [0.4, 0.5) is 5.69 Å². The van der Waals surface area contributed by atoms with Gasteiger partial charge in [-0.05, 0) is 67.8 Å². The van der Waals surface area contributed by atoms with Crippen LogP contribution >= 0.6 is 47.8 Å². The van der Waals surface area contributed by atoms with E-state index in [0.717, 1.165) is 36.2 Å². The molecular weight excluding hydrogens is 466 g/mol. The smallest absolute Gasteiger partial charge is 0.175 e. The molecule has 2 aromatic carbocycles. The molecule has 0 spiro atoms. The van der Waals surface area contributed by atoms with Crippen LogP contribution in [0.15, 0.2) is 43.7 Å². The number of rotatable bonds is 3. The zero-order chi connectivity index (χ0) is 14.8. The largest absolute Gasteiger partial charge is 0.486 e. The lowest BCUT2D eigenvalue weighted by Crippen LogP contribution is -2.16. The fourth-order valence-electron chi connectivity index (χ4n) is 2.10. The lowest BCUT2D eigenvalue weighted by molar-refractivity contribution is 0.170. The number of anilines is 1. The molecule has 0 aliphatic carbocycles. The van der Waals surface area contributed by atoms with Gasteiger partial charge in [0.25, 0.3) is 0 Å². The van der Waals surface area contributed by atoms with Gasteiger partial charge in [0.2, 0.25) is 0 Å². The molecule has 1 aliphatic heterocycles. The number of hydrogen-bond donors (Lipinski definition) is 1. The Hall–Kier alpha value is -0.720. The molecule has 0 unspecified atom stereocenters. The third kappa shape index (κ3) is 3.55.